The summed E-state index contributed by atoms with van der Waals surface area (Å²) in [5.41, 5.74) is 1.64. The molecule has 2 aromatic rings. The van der Waals surface area contributed by atoms with Crippen LogP contribution in [0, 0.1) is 0 Å². The molecule has 2 aromatic carbocycles. The van der Waals surface area contributed by atoms with Gasteiger partial charge in [-0.2, -0.15) is 0 Å². The van der Waals surface area contributed by atoms with E-state index in [1.165, 1.54) is 32.4 Å². The lowest BCUT2D eigenvalue weighted by molar-refractivity contribution is 0.102. The van der Waals surface area contributed by atoms with E-state index in [2.05, 4.69) is 10.0 Å². The molecule has 1 unspecified atom stereocenters. The first kappa shape index (κ1) is 20.9. The third kappa shape index (κ3) is 4.30. The number of hydrogen-bond acceptors (Lipinski definition) is 6. The van der Waals surface area contributed by atoms with Crippen LogP contribution in [0.4, 0.5) is 5.69 Å². The average Bonchev–Trinajstić information content (AvgIpc) is 3.06. The molecule has 29 heavy (non-hydrogen) atoms. The van der Waals surface area contributed by atoms with E-state index in [9.17, 15) is 13.2 Å². The molecule has 1 aliphatic rings. The lowest BCUT2D eigenvalue weighted by Crippen LogP contribution is -2.20. The quantitative estimate of drug-likeness (QED) is 0.714. The Kier molecular flexibility index (Phi) is 5.99. The molecule has 0 saturated heterocycles. The van der Waals surface area contributed by atoms with Crippen molar-refractivity contribution in [3.05, 3.63) is 41.5 Å². The molecule has 1 atom stereocenters. The second-order valence-corrected chi connectivity index (χ2v) is 8.40. The van der Waals surface area contributed by atoms with Gasteiger partial charge in [-0.05, 0) is 45.2 Å². The van der Waals surface area contributed by atoms with Crippen LogP contribution >= 0.6 is 0 Å². The molecule has 9 heteroatoms. The highest BCUT2D eigenvalue weighted by Gasteiger charge is 2.24. The van der Waals surface area contributed by atoms with Crippen LogP contribution in [0.15, 0.2) is 35.2 Å². The molecule has 8 nitrogen and oxygen atoms in total. The van der Waals surface area contributed by atoms with Crippen molar-refractivity contribution in [1.82, 2.24) is 4.72 Å². The van der Waals surface area contributed by atoms with Gasteiger partial charge in [-0.3, -0.25) is 4.79 Å². The van der Waals surface area contributed by atoms with E-state index in [1.807, 2.05) is 19.9 Å². The number of hydrogen-bond donors (Lipinski definition) is 2. The Balaban J connectivity index is 1.95. The van der Waals surface area contributed by atoms with Crippen LogP contribution in [0.1, 0.15) is 29.8 Å². The van der Waals surface area contributed by atoms with Gasteiger partial charge in [0.05, 0.1) is 19.4 Å². The lowest BCUT2D eigenvalue weighted by Gasteiger charge is -2.14. The molecule has 156 valence electrons. The first-order chi connectivity index (χ1) is 13.8. The minimum atomic E-state index is -3.80. The molecule has 1 aliphatic heterocycles. The van der Waals surface area contributed by atoms with E-state index < -0.39 is 15.9 Å². The van der Waals surface area contributed by atoms with Gasteiger partial charge in [0.15, 0.2) is 0 Å². The predicted molar refractivity (Wildman–Crippen MR) is 109 cm³/mol. The van der Waals surface area contributed by atoms with Crippen molar-refractivity contribution >= 4 is 21.6 Å². The SMILES string of the molecule is CCOc1cc2c(cc1NC(=O)c1ccc(OC)c(S(=O)(=O)NC)c1)OC(C)C2. The fourth-order valence-electron chi connectivity index (χ4n) is 3.14. The predicted octanol–water partition coefficient (Wildman–Crippen LogP) is 2.58. The average molecular weight is 420 g/mol. The van der Waals surface area contributed by atoms with Crippen molar-refractivity contribution in [3.63, 3.8) is 0 Å². The van der Waals surface area contributed by atoms with Gasteiger partial charge in [0.1, 0.15) is 28.2 Å². The molecular formula is C20H24N2O6S. The zero-order valence-electron chi connectivity index (χ0n) is 16.7. The van der Waals surface area contributed by atoms with Gasteiger partial charge >= 0.3 is 0 Å². The van der Waals surface area contributed by atoms with Crippen molar-refractivity contribution in [2.75, 3.05) is 26.1 Å². The molecule has 0 fully saturated rings. The summed E-state index contributed by atoms with van der Waals surface area (Å²) in [4.78, 5) is 12.7. The van der Waals surface area contributed by atoms with E-state index in [4.69, 9.17) is 14.2 Å². The number of methoxy groups -OCH3 is 1. The molecular weight excluding hydrogens is 396 g/mol. The molecule has 0 radical (unpaired) electrons. The molecule has 0 aliphatic carbocycles. The number of nitrogens with one attached hydrogen (secondary N) is 2. The van der Waals surface area contributed by atoms with Gasteiger partial charge < -0.3 is 19.5 Å². The summed E-state index contributed by atoms with van der Waals surface area (Å²) in [6.07, 6.45) is 0.828. The number of fused-ring (bicyclic) bond motifs is 1. The van der Waals surface area contributed by atoms with Crippen molar-refractivity contribution in [1.29, 1.82) is 0 Å². The first-order valence-corrected chi connectivity index (χ1v) is 10.7. The standard InChI is InChI=1S/C20H24N2O6S/c1-5-27-18-9-14-8-12(2)28-17(14)11-15(18)22-20(23)13-6-7-16(26-4)19(10-13)29(24,25)21-3/h6-7,9-12,21H,5,8H2,1-4H3,(H,22,23). The van der Waals surface area contributed by atoms with Crippen molar-refractivity contribution < 1.29 is 27.4 Å². The van der Waals surface area contributed by atoms with Crippen LogP contribution in [0.25, 0.3) is 0 Å². The second-order valence-electron chi connectivity index (χ2n) is 6.55. The Bertz CT molecular complexity index is 1040. The number of carbonyl (C=O) groups excluding carboxylic acids is 1. The summed E-state index contributed by atoms with van der Waals surface area (Å²) in [6.45, 7) is 4.27. The molecule has 0 saturated carbocycles. The summed E-state index contributed by atoms with van der Waals surface area (Å²) < 4.78 is 43.3. The van der Waals surface area contributed by atoms with Gasteiger partial charge in [-0.1, -0.05) is 0 Å². The second kappa shape index (κ2) is 8.30. The fraction of sp³-hybridized carbons (Fsp3) is 0.350. The maximum absolute atomic E-state index is 12.8. The molecule has 0 bridgehead atoms. The van der Waals surface area contributed by atoms with Crippen LogP contribution < -0.4 is 24.2 Å². The number of rotatable bonds is 7. The monoisotopic (exact) mass is 420 g/mol. The molecule has 3 rings (SSSR count). The molecule has 0 aromatic heterocycles. The van der Waals surface area contributed by atoms with Gasteiger partial charge in [0, 0.05) is 23.6 Å². The number of ether oxygens (including phenoxy) is 3. The highest BCUT2D eigenvalue weighted by Crippen LogP contribution is 2.38. The van der Waals surface area contributed by atoms with Crippen molar-refractivity contribution in [2.24, 2.45) is 0 Å². The van der Waals surface area contributed by atoms with Crippen LogP contribution in [0.2, 0.25) is 0 Å². The zero-order valence-corrected chi connectivity index (χ0v) is 17.6. The highest BCUT2D eigenvalue weighted by molar-refractivity contribution is 7.89. The lowest BCUT2D eigenvalue weighted by atomic mass is 10.1. The van der Waals surface area contributed by atoms with Gasteiger partial charge in [0.25, 0.3) is 5.91 Å². The van der Waals surface area contributed by atoms with Crippen LogP contribution in [-0.4, -0.2) is 41.2 Å². The minimum absolute atomic E-state index is 0.0568. The van der Waals surface area contributed by atoms with Crippen LogP contribution in [0.5, 0.6) is 17.2 Å². The Morgan fingerprint density at radius 2 is 2.00 bits per heavy atom. The number of anilines is 1. The summed E-state index contributed by atoms with van der Waals surface area (Å²) in [5, 5.41) is 2.79. The number of benzene rings is 2. The topological polar surface area (TPSA) is 103 Å². The maximum atomic E-state index is 12.8. The Hall–Kier alpha value is -2.78. The first-order valence-electron chi connectivity index (χ1n) is 9.18. The molecule has 0 spiro atoms. The van der Waals surface area contributed by atoms with Gasteiger partial charge in [0.2, 0.25) is 10.0 Å². The molecule has 1 amide bonds. The highest BCUT2D eigenvalue weighted by atomic mass is 32.2. The molecule has 2 N–H and O–H groups in total. The number of carbonyl (C=O) groups is 1. The van der Waals surface area contributed by atoms with E-state index in [0.717, 1.165) is 12.0 Å². The number of sulfonamides is 1. The fourth-order valence-corrected chi connectivity index (χ4v) is 4.06. The summed E-state index contributed by atoms with van der Waals surface area (Å²) in [7, 11) is -1.14. The summed E-state index contributed by atoms with van der Waals surface area (Å²) >= 11 is 0. The van der Waals surface area contributed by atoms with E-state index in [1.54, 1.807) is 6.07 Å². The van der Waals surface area contributed by atoms with Crippen molar-refractivity contribution in [2.45, 2.75) is 31.3 Å². The zero-order chi connectivity index (χ0) is 21.2. The van der Waals surface area contributed by atoms with Crippen LogP contribution in [-0.2, 0) is 16.4 Å². The number of amides is 1. The Morgan fingerprint density at radius 1 is 1.24 bits per heavy atom. The Morgan fingerprint density at radius 3 is 2.66 bits per heavy atom. The smallest absolute Gasteiger partial charge is 0.255 e. The maximum Gasteiger partial charge on any atom is 0.255 e. The normalized spacial score (nSPS) is 15.4. The minimum Gasteiger partial charge on any atom is -0.495 e. The van der Waals surface area contributed by atoms with Crippen molar-refractivity contribution in [3.8, 4) is 17.2 Å². The van der Waals surface area contributed by atoms with E-state index in [0.29, 0.717) is 23.8 Å². The van der Waals surface area contributed by atoms with E-state index in [-0.39, 0.29) is 22.3 Å². The third-order valence-corrected chi connectivity index (χ3v) is 5.97. The third-order valence-electron chi connectivity index (χ3n) is 4.53. The summed E-state index contributed by atoms with van der Waals surface area (Å²) in [5.74, 6) is 0.899. The van der Waals surface area contributed by atoms with Crippen LogP contribution in [0.3, 0.4) is 0 Å². The summed E-state index contributed by atoms with van der Waals surface area (Å²) in [6, 6.07) is 7.80. The van der Waals surface area contributed by atoms with Gasteiger partial charge in [-0.25, -0.2) is 13.1 Å². The molecule has 1 heterocycles. The Labute approximate surface area is 170 Å². The van der Waals surface area contributed by atoms with E-state index >= 15 is 0 Å². The van der Waals surface area contributed by atoms with Gasteiger partial charge in [-0.15, -0.1) is 0 Å². The largest absolute Gasteiger partial charge is 0.495 e.